The fraction of sp³-hybridized carbons (Fsp3) is 0.429. The third-order valence-electron chi connectivity index (χ3n) is 1.09. The Morgan fingerprint density at radius 3 is 2.19 bits per heavy atom. The van der Waals surface area contributed by atoms with E-state index in [1.807, 2.05) is 0 Å². The maximum absolute atomic E-state index is 10.8. The Balaban J connectivity index is 0. The standard InChI is InChI=1S/C7H10O7S.Na.H/c1-2-5-13-6(8)3-4-7(9)14-15(10,11)12;;/h2H,1,3-5H2,(H,10,11,12);;. The molecule has 0 heterocycles. The molecule has 0 fully saturated rings. The Kier molecular flexibility index (Phi) is 9.78. The van der Waals surface area contributed by atoms with E-state index in [-0.39, 0.29) is 42.6 Å². The fourth-order valence-corrected chi connectivity index (χ4v) is 0.906. The predicted octanol–water partition coefficient (Wildman–Crippen LogP) is -0.807. The molecule has 7 nitrogen and oxygen atoms in total. The Hall–Kier alpha value is -0.410. The van der Waals surface area contributed by atoms with E-state index in [0.29, 0.717) is 0 Å². The van der Waals surface area contributed by atoms with Gasteiger partial charge in [-0.1, -0.05) is 12.7 Å². The molecule has 0 aliphatic carbocycles. The van der Waals surface area contributed by atoms with Crippen LogP contribution in [0.3, 0.4) is 0 Å². The van der Waals surface area contributed by atoms with Gasteiger partial charge in [0.2, 0.25) is 0 Å². The maximum atomic E-state index is 10.8. The number of rotatable bonds is 6. The van der Waals surface area contributed by atoms with Crippen LogP contribution in [-0.4, -0.2) is 61.1 Å². The quantitative estimate of drug-likeness (QED) is 0.289. The Morgan fingerprint density at radius 1 is 1.25 bits per heavy atom. The zero-order chi connectivity index (χ0) is 11.9. The number of ether oxygens (including phenoxy) is 1. The van der Waals surface area contributed by atoms with Crippen molar-refractivity contribution in [3.8, 4) is 0 Å². The van der Waals surface area contributed by atoms with Gasteiger partial charge in [-0.2, -0.15) is 8.42 Å². The molecule has 0 aliphatic heterocycles. The molecule has 0 aromatic carbocycles. The van der Waals surface area contributed by atoms with Crippen molar-refractivity contribution in [3.05, 3.63) is 12.7 Å². The van der Waals surface area contributed by atoms with Gasteiger partial charge in [-0.3, -0.25) is 14.1 Å². The molecular weight excluding hydrogens is 251 g/mol. The first-order chi connectivity index (χ1) is 6.85. The van der Waals surface area contributed by atoms with Crippen molar-refractivity contribution in [2.45, 2.75) is 12.8 Å². The summed E-state index contributed by atoms with van der Waals surface area (Å²) in [7, 11) is -4.81. The first-order valence-electron chi connectivity index (χ1n) is 3.81. The molecule has 0 amide bonds. The molecule has 9 heteroatoms. The summed E-state index contributed by atoms with van der Waals surface area (Å²) in [6.45, 7) is 3.30. The molecule has 0 saturated carbocycles. The van der Waals surface area contributed by atoms with E-state index < -0.39 is 28.8 Å². The number of carbonyl (C=O) groups excluding carboxylic acids is 2. The van der Waals surface area contributed by atoms with Gasteiger partial charge in [0, 0.05) is 0 Å². The molecule has 1 N–H and O–H groups in total. The second kappa shape index (κ2) is 8.71. The first-order valence-corrected chi connectivity index (χ1v) is 5.18. The van der Waals surface area contributed by atoms with Crippen LogP contribution in [0.4, 0.5) is 0 Å². The minimum atomic E-state index is -4.81. The van der Waals surface area contributed by atoms with Crippen LogP contribution < -0.4 is 0 Å². The molecule has 0 spiro atoms. The molecule has 0 unspecified atom stereocenters. The summed E-state index contributed by atoms with van der Waals surface area (Å²) in [6.07, 6.45) is 0.520. The molecule has 88 valence electrons. The van der Waals surface area contributed by atoms with Gasteiger partial charge in [0.05, 0.1) is 12.8 Å². The normalized spacial score (nSPS) is 9.81. The molecule has 0 aromatic rings. The topological polar surface area (TPSA) is 107 Å². The summed E-state index contributed by atoms with van der Waals surface area (Å²) < 4.78 is 36.2. The van der Waals surface area contributed by atoms with Crippen molar-refractivity contribution in [2.24, 2.45) is 0 Å². The van der Waals surface area contributed by atoms with Crippen LogP contribution in [0, 0.1) is 0 Å². The molecule has 0 radical (unpaired) electrons. The summed E-state index contributed by atoms with van der Waals surface area (Å²) in [5, 5.41) is 0. The van der Waals surface area contributed by atoms with E-state index in [0.717, 1.165) is 0 Å². The van der Waals surface area contributed by atoms with Crippen LogP contribution in [0.25, 0.3) is 0 Å². The van der Waals surface area contributed by atoms with Crippen LogP contribution in [0.5, 0.6) is 0 Å². The molecule has 0 aliphatic rings. The van der Waals surface area contributed by atoms with E-state index in [9.17, 15) is 18.0 Å². The Bertz CT molecular complexity index is 348. The second-order valence-electron chi connectivity index (χ2n) is 2.35. The van der Waals surface area contributed by atoms with Crippen molar-refractivity contribution in [1.29, 1.82) is 0 Å². The molecule has 0 bridgehead atoms. The summed E-state index contributed by atoms with van der Waals surface area (Å²) in [4.78, 5) is 21.4. The average molecular weight is 262 g/mol. The van der Waals surface area contributed by atoms with Crippen molar-refractivity contribution in [2.75, 3.05) is 6.61 Å². The summed E-state index contributed by atoms with van der Waals surface area (Å²) >= 11 is 0. The molecule has 0 atom stereocenters. The van der Waals surface area contributed by atoms with Gasteiger partial charge in [-0.15, -0.1) is 0 Å². The van der Waals surface area contributed by atoms with Gasteiger partial charge in [0.25, 0.3) is 0 Å². The van der Waals surface area contributed by atoms with Gasteiger partial charge >= 0.3 is 51.9 Å². The number of carbonyl (C=O) groups is 2. The van der Waals surface area contributed by atoms with E-state index >= 15 is 0 Å². The minimum absolute atomic E-state index is 0. The third-order valence-corrected chi connectivity index (χ3v) is 1.49. The monoisotopic (exact) mass is 262 g/mol. The number of hydrogen-bond acceptors (Lipinski definition) is 6. The SMILES string of the molecule is C=CCOC(=O)CCC(=O)OS(=O)(=O)O.[NaH]. The van der Waals surface area contributed by atoms with E-state index in [2.05, 4.69) is 15.5 Å². The van der Waals surface area contributed by atoms with Gasteiger partial charge in [0.1, 0.15) is 6.61 Å². The van der Waals surface area contributed by atoms with Crippen LogP contribution >= 0.6 is 0 Å². The summed E-state index contributed by atoms with van der Waals surface area (Å²) in [6, 6.07) is 0. The third kappa shape index (κ3) is 11.7. The Labute approximate surface area is 115 Å². The van der Waals surface area contributed by atoms with Crippen molar-refractivity contribution in [3.63, 3.8) is 0 Å². The summed E-state index contributed by atoms with van der Waals surface area (Å²) in [5.74, 6) is -1.92. The van der Waals surface area contributed by atoms with Gasteiger partial charge in [-0.05, 0) is 0 Å². The molecule has 16 heavy (non-hydrogen) atoms. The van der Waals surface area contributed by atoms with E-state index in [1.54, 1.807) is 0 Å². The van der Waals surface area contributed by atoms with Crippen LogP contribution in [0.1, 0.15) is 12.8 Å². The molecule has 0 rings (SSSR count). The average Bonchev–Trinajstić information content (AvgIpc) is 2.08. The number of hydrogen-bond donors (Lipinski definition) is 1. The van der Waals surface area contributed by atoms with E-state index in [4.69, 9.17) is 4.55 Å². The van der Waals surface area contributed by atoms with Crippen molar-refractivity contribution < 1.29 is 31.5 Å². The molecule has 0 aromatic heterocycles. The molecular formula is C7H11NaO7S. The van der Waals surface area contributed by atoms with Gasteiger partial charge < -0.3 is 8.92 Å². The zero-order valence-electron chi connectivity index (χ0n) is 7.71. The zero-order valence-corrected chi connectivity index (χ0v) is 8.53. The fourth-order valence-electron chi connectivity index (χ4n) is 0.587. The summed E-state index contributed by atoms with van der Waals surface area (Å²) in [5.41, 5.74) is 0. The number of esters is 1. The predicted molar refractivity (Wildman–Crippen MR) is 55.2 cm³/mol. The van der Waals surface area contributed by atoms with Crippen LogP contribution in [0.2, 0.25) is 0 Å². The van der Waals surface area contributed by atoms with E-state index in [1.165, 1.54) is 6.08 Å². The first kappa shape index (κ1) is 18.0. The van der Waals surface area contributed by atoms with Crippen LogP contribution in [-0.2, 0) is 28.9 Å². The molecule has 0 saturated heterocycles. The Morgan fingerprint density at radius 2 is 1.75 bits per heavy atom. The van der Waals surface area contributed by atoms with Crippen molar-refractivity contribution >= 4 is 51.9 Å². The van der Waals surface area contributed by atoms with Crippen LogP contribution in [0.15, 0.2) is 12.7 Å². The second-order valence-corrected chi connectivity index (χ2v) is 3.38. The van der Waals surface area contributed by atoms with Gasteiger partial charge in [-0.25, -0.2) is 0 Å². The van der Waals surface area contributed by atoms with Gasteiger partial charge in [0.15, 0.2) is 0 Å². The van der Waals surface area contributed by atoms with Crippen molar-refractivity contribution in [1.82, 2.24) is 0 Å².